The van der Waals surface area contributed by atoms with Crippen molar-refractivity contribution in [3.63, 3.8) is 0 Å². The maximum absolute atomic E-state index is 12.3. The van der Waals surface area contributed by atoms with Gasteiger partial charge in [-0.25, -0.2) is 4.68 Å². The number of benzene rings is 1. The fourth-order valence-corrected chi connectivity index (χ4v) is 2.49. The van der Waals surface area contributed by atoms with Crippen LogP contribution in [0.1, 0.15) is 12.5 Å². The number of piperazine rings is 1. The molecule has 1 aromatic carbocycles. The topological polar surface area (TPSA) is 75.9 Å². The van der Waals surface area contributed by atoms with E-state index in [4.69, 9.17) is 0 Å². The van der Waals surface area contributed by atoms with E-state index in [0.717, 1.165) is 30.9 Å². The highest BCUT2D eigenvalue weighted by atomic mass is 35.5. The minimum atomic E-state index is 0. The molecule has 8 heteroatoms. The van der Waals surface area contributed by atoms with Crippen molar-refractivity contribution in [1.29, 1.82) is 0 Å². The summed E-state index contributed by atoms with van der Waals surface area (Å²) < 4.78 is 1.59. The van der Waals surface area contributed by atoms with Crippen LogP contribution in [0.5, 0.6) is 0 Å². The van der Waals surface area contributed by atoms with Crippen LogP contribution in [0.3, 0.4) is 0 Å². The summed E-state index contributed by atoms with van der Waals surface area (Å²) in [5.41, 5.74) is 1.88. The first-order chi connectivity index (χ1) is 10.2. The van der Waals surface area contributed by atoms with Gasteiger partial charge >= 0.3 is 0 Å². The number of tetrazole rings is 1. The van der Waals surface area contributed by atoms with Crippen molar-refractivity contribution in [3.8, 4) is 5.69 Å². The number of nitrogens with one attached hydrogen (secondary N) is 1. The Morgan fingerprint density at radius 3 is 2.77 bits per heavy atom. The van der Waals surface area contributed by atoms with Crippen LogP contribution in [-0.4, -0.2) is 56.7 Å². The molecule has 0 aliphatic carbocycles. The molecule has 1 saturated heterocycles. The Hall–Kier alpha value is -1.99. The highest BCUT2D eigenvalue weighted by Crippen LogP contribution is 2.10. The molecule has 1 unspecified atom stereocenters. The molecule has 118 valence electrons. The Bertz CT molecular complexity index is 600. The Labute approximate surface area is 135 Å². The normalized spacial score (nSPS) is 17.9. The van der Waals surface area contributed by atoms with Crippen molar-refractivity contribution in [2.75, 3.05) is 19.6 Å². The maximum Gasteiger partial charge on any atom is 0.227 e. The van der Waals surface area contributed by atoms with Crippen LogP contribution >= 0.6 is 12.4 Å². The number of aromatic nitrogens is 4. The lowest BCUT2D eigenvalue weighted by atomic mass is 10.1. The van der Waals surface area contributed by atoms with Gasteiger partial charge in [0.1, 0.15) is 6.33 Å². The molecule has 0 bridgehead atoms. The summed E-state index contributed by atoms with van der Waals surface area (Å²) in [5.74, 6) is 0.179. The lowest BCUT2D eigenvalue weighted by molar-refractivity contribution is -0.131. The smallest absolute Gasteiger partial charge is 0.227 e. The zero-order valence-corrected chi connectivity index (χ0v) is 13.2. The summed E-state index contributed by atoms with van der Waals surface area (Å²) in [6.07, 6.45) is 1.98. The van der Waals surface area contributed by atoms with Crippen LogP contribution in [0, 0.1) is 0 Å². The number of rotatable bonds is 3. The lowest BCUT2D eigenvalue weighted by Gasteiger charge is -2.32. The molecule has 1 atom stereocenters. The van der Waals surface area contributed by atoms with Gasteiger partial charge < -0.3 is 10.2 Å². The van der Waals surface area contributed by atoms with Crippen LogP contribution < -0.4 is 5.32 Å². The van der Waals surface area contributed by atoms with Crippen molar-refractivity contribution in [2.45, 2.75) is 19.4 Å². The predicted octanol–water partition coefficient (Wildman–Crippen LogP) is 0.447. The first kappa shape index (κ1) is 16.4. The molecule has 7 nitrogen and oxygen atoms in total. The summed E-state index contributed by atoms with van der Waals surface area (Å²) in [7, 11) is 0. The van der Waals surface area contributed by atoms with Gasteiger partial charge in [-0.05, 0) is 35.0 Å². The molecule has 2 aromatic rings. The molecule has 1 N–H and O–H groups in total. The number of hydrogen-bond donors (Lipinski definition) is 1. The molecule has 1 amide bonds. The monoisotopic (exact) mass is 322 g/mol. The number of carbonyl (C=O) groups is 1. The average molecular weight is 323 g/mol. The summed E-state index contributed by atoms with van der Waals surface area (Å²) in [4.78, 5) is 14.2. The number of hydrogen-bond acceptors (Lipinski definition) is 5. The van der Waals surface area contributed by atoms with E-state index >= 15 is 0 Å². The third kappa shape index (κ3) is 3.80. The van der Waals surface area contributed by atoms with Crippen LogP contribution in [0.4, 0.5) is 0 Å². The minimum Gasteiger partial charge on any atom is -0.340 e. The third-order valence-corrected chi connectivity index (χ3v) is 3.63. The first-order valence-electron chi connectivity index (χ1n) is 7.06. The van der Waals surface area contributed by atoms with Gasteiger partial charge in [-0.3, -0.25) is 4.79 Å². The van der Waals surface area contributed by atoms with Crippen LogP contribution in [0.2, 0.25) is 0 Å². The zero-order valence-electron chi connectivity index (χ0n) is 12.3. The second-order valence-electron chi connectivity index (χ2n) is 5.29. The molecule has 3 rings (SSSR count). The van der Waals surface area contributed by atoms with Crippen molar-refractivity contribution in [2.24, 2.45) is 0 Å². The quantitative estimate of drug-likeness (QED) is 0.888. The molecular weight excluding hydrogens is 304 g/mol. The number of nitrogens with zero attached hydrogens (tertiary/aromatic N) is 5. The molecule has 0 saturated carbocycles. The fourth-order valence-electron chi connectivity index (χ4n) is 2.49. The molecular formula is C14H19ClN6O. The lowest BCUT2D eigenvalue weighted by Crippen LogP contribution is -2.51. The summed E-state index contributed by atoms with van der Waals surface area (Å²) in [6.45, 7) is 4.53. The van der Waals surface area contributed by atoms with Gasteiger partial charge in [0, 0.05) is 25.7 Å². The van der Waals surface area contributed by atoms with Gasteiger partial charge in [0.15, 0.2) is 0 Å². The van der Waals surface area contributed by atoms with Crippen molar-refractivity contribution >= 4 is 18.3 Å². The molecule has 22 heavy (non-hydrogen) atoms. The highest BCUT2D eigenvalue weighted by Gasteiger charge is 2.20. The molecule has 1 fully saturated rings. The fraction of sp³-hybridized carbons (Fsp3) is 0.429. The Balaban J connectivity index is 0.00000176. The van der Waals surface area contributed by atoms with E-state index in [9.17, 15) is 4.79 Å². The number of halogens is 1. The summed E-state index contributed by atoms with van der Waals surface area (Å²) in [5, 5.41) is 14.4. The standard InChI is InChI=1S/C14H18N6O.ClH/c1-11-9-19(7-6-15-11)14(21)8-12-2-4-13(5-3-12)20-10-16-17-18-20;/h2-5,10-11,15H,6-9H2,1H3;1H. The van der Waals surface area contributed by atoms with E-state index in [1.807, 2.05) is 29.2 Å². The van der Waals surface area contributed by atoms with Gasteiger partial charge in [-0.1, -0.05) is 12.1 Å². The number of amides is 1. The average Bonchev–Trinajstić information content (AvgIpc) is 3.02. The highest BCUT2D eigenvalue weighted by molar-refractivity contribution is 5.85. The van der Waals surface area contributed by atoms with Gasteiger partial charge in [0.05, 0.1) is 12.1 Å². The Morgan fingerprint density at radius 1 is 1.36 bits per heavy atom. The first-order valence-corrected chi connectivity index (χ1v) is 7.06. The van der Waals surface area contributed by atoms with Crippen LogP contribution in [0.15, 0.2) is 30.6 Å². The second kappa shape index (κ2) is 7.33. The van der Waals surface area contributed by atoms with Crippen molar-refractivity contribution < 1.29 is 4.79 Å². The van der Waals surface area contributed by atoms with Gasteiger partial charge in [-0.15, -0.1) is 17.5 Å². The van der Waals surface area contributed by atoms with E-state index in [-0.39, 0.29) is 18.3 Å². The van der Waals surface area contributed by atoms with E-state index < -0.39 is 0 Å². The minimum absolute atomic E-state index is 0. The largest absolute Gasteiger partial charge is 0.340 e. The van der Waals surface area contributed by atoms with Crippen molar-refractivity contribution in [3.05, 3.63) is 36.2 Å². The zero-order chi connectivity index (χ0) is 14.7. The second-order valence-corrected chi connectivity index (χ2v) is 5.29. The summed E-state index contributed by atoms with van der Waals surface area (Å²) >= 11 is 0. The van der Waals surface area contributed by atoms with Crippen LogP contribution in [0.25, 0.3) is 5.69 Å². The SMILES string of the molecule is CC1CN(C(=O)Cc2ccc(-n3cnnn3)cc2)CCN1.Cl. The summed E-state index contributed by atoms with van der Waals surface area (Å²) in [6, 6.07) is 8.09. The van der Waals surface area contributed by atoms with Gasteiger partial charge in [-0.2, -0.15) is 0 Å². The third-order valence-electron chi connectivity index (χ3n) is 3.63. The van der Waals surface area contributed by atoms with E-state index in [0.29, 0.717) is 12.5 Å². The molecule has 0 spiro atoms. The van der Waals surface area contributed by atoms with Gasteiger partial charge in [0.2, 0.25) is 5.91 Å². The molecule has 0 radical (unpaired) electrons. The van der Waals surface area contributed by atoms with Crippen molar-refractivity contribution in [1.82, 2.24) is 30.4 Å². The van der Waals surface area contributed by atoms with Gasteiger partial charge in [0.25, 0.3) is 0 Å². The molecule has 1 aliphatic heterocycles. The Kier molecular flexibility index (Phi) is 5.46. The Morgan fingerprint density at radius 2 is 2.14 bits per heavy atom. The molecule has 1 aromatic heterocycles. The molecule has 2 heterocycles. The van der Waals surface area contributed by atoms with E-state index in [1.165, 1.54) is 0 Å². The molecule has 1 aliphatic rings. The van der Waals surface area contributed by atoms with E-state index in [1.54, 1.807) is 11.0 Å². The van der Waals surface area contributed by atoms with E-state index in [2.05, 4.69) is 27.8 Å². The van der Waals surface area contributed by atoms with Crippen LogP contribution in [-0.2, 0) is 11.2 Å². The maximum atomic E-state index is 12.3. The predicted molar refractivity (Wildman–Crippen MR) is 84.2 cm³/mol. The number of carbonyl (C=O) groups excluding carboxylic acids is 1.